The van der Waals surface area contributed by atoms with Crippen molar-refractivity contribution < 1.29 is 4.74 Å². The lowest BCUT2D eigenvalue weighted by molar-refractivity contribution is 0.0712. The molecule has 124 valence electrons. The molecule has 0 aromatic heterocycles. The molecule has 1 N–H and O–H groups in total. The van der Waals surface area contributed by atoms with Crippen LogP contribution in [-0.2, 0) is 4.74 Å². The molecule has 1 heterocycles. The van der Waals surface area contributed by atoms with Crippen molar-refractivity contribution in [1.29, 1.82) is 0 Å². The first-order valence-corrected chi connectivity index (χ1v) is 9.38. The lowest BCUT2D eigenvalue weighted by atomic mass is 9.64. The summed E-state index contributed by atoms with van der Waals surface area (Å²) in [5.41, 5.74) is 0.464. The SMILES string of the molecule is CCNC1CC(C)CCC1C(C)(C)CCCC1CCCO1. The van der Waals surface area contributed by atoms with Crippen LogP contribution in [0.1, 0.15) is 79.1 Å². The van der Waals surface area contributed by atoms with Crippen molar-refractivity contribution in [3.63, 3.8) is 0 Å². The smallest absolute Gasteiger partial charge is 0.0576 e. The third kappa shape index (κ3) is 4.96. The normalized spacial score (nSPS) is 34.3. The lowest BCUT2D eigenvalue weighted by Crippen LogP contribution is -2.46. The van der Waals surface area contributed by atoms with E-state index in [4.69, 9.17) is 4.74 Å². The van der Waals surface area contributed by atoms with Crippen LogP contribution in [0.2, 0.25) is 0 Å². The van der Waals surface area contributed by atoms with Crippen molar-refractivity contribution in [3.05, 3.63) is 0 Å². The van der Waals surface area contributed by atoms with Crippen molar-refractivity contribution in [3.8, 4) is 0 Å². The Morgan fingerprint density at radius 2 is 2.00 bits per heavy atom. The van der Waals surface area contributed by atoms with Gasteiger partial charge in [-0.15, -0.1) is 0 Å². The van der Waals surface area contributed by atoms with Crippen LogP contribution in [-0.4, -0.2) is 25.3 Å². The quantitative estimate of drug-likeness (QED) is 0.730. The van der Waals surface area contributed by atoms with E-state index in [0.29, 0.717) is 11.5 Å². The highest BCUT2D eigenvalue weighted by molar-refractivity contribution is 4.92. The summed E-state index contributed by atoms with van der Waals surface area (Å²) in [5.74, 6) is 1.74. The van der Waals surface area contributed by atoms with Crippen LogP contribution >= 0.6 is 0 Å². The second kappa shape index (κ2) is 7.97. The van der Waals surface area contributed by atoms with Gasteiger partial charge in [-0.1, -0.05) is 40.5 Å². The van der Waals surface area contributed by atoms with Gasteiger partial charge in [0.25, 0.3) is 0 Å². The average molecular weight is 296 g/mol. The first kappa shape index (κ1) is 17.3. The van der Waals surface area contributed by atoms with Crippen LogP contribution in [0.25, 0.3) is 0 Å². The van der Waals surface area contributed by atoms with Gasteiger partial charge in [-0.2, -0.15) is 0 Å². The van der Waals surface area contributed by atoms with Crippen molar-refractivity contribution in [2.45, 2.75) is 91.2 Å². The van der Waals surface area contributed by atoms with Gasteiger partial charge in [-0.25, -0.2) is 0 Å². The third-order valence-electron chi connectivity index (χ3n) is 5.95. The van der Waals surface area contributed by atoms with E-state index < -0.39 is 0 Å². The molecule has 1 aliphatic heterocycles. The van der Waals surface area contributed by atoms with Gasteiger partial charge < -0.3 is 10.1 Å². The van der Waals surface area contributed by atoms with Gasteiger partial charge >= 0.3 is 0 Å². The van der Waals surface area contributed by atoms with Crippen LogP contribution in [0.5, 0.6) is 0 Å². The van der Waals surface area contributed by atoms with Crippen LogP contribution in [0.4, 0.5) is 0 Å². The maximum atomic E-state index is 5.77. The molecule has 2 nitrogen and oxygen atoms in total. The minimum absolute atomic E-state index is 0.464. The molecular weight excluding hydrogens is 258 g/mol. The maximum absolute atomic E-state index is 5.77. The predicted molar refractivity (Wildman–Crippen MR) is 90.6 cm³/mol. The second-order valence-electron chi connectivity index (χ2n) is 8.20. The molecule has 4 atom stereocenters. The summed E-state index contributed by atoms with van der Waals surface area (Å²) in [6.45, 7) is 11.8. The molecule has 0 radical (unpaired) electrons. The van der Waals surface area contributed by atoms with Crippen molar-refractivity contribution in [1.82, 2.24) is 5.32 Å². The van der Waals surface area contributed by atoms with Crippen LogP contribution < -0.4 is 5.32 Å². The highest BCUT2D eigenvalue weighted by Gasteiger charge is 2.38. The zero-order chi connectivity index (χ0) is 15.3. The molecule has 0 aromatic rings. The third-order valence-corrected chi connectivity index (χ3v) is 5.95. The van der Waals surface area contributed by atoms with E-state index in [9.17, 15) is 0 Å². The fourth-order valence-electron chi connectivity index (χ4n) is 4.65. The number of ether oxygens (including phenoxy) is 1. The lowest BCUT2D eigenvalue weighted by Gasteiger charge is -2.45. The Balaban J connectivity index is 1.83. The minimum Gasteiger partial charge on any atom is -0.378 e. The number of hydrogen-bond donors (Lipinski definition) is 1. The largest absolute Gasteiger partial charge is 0.378 e. The molecule has 4 unspecified atom stereocenters. The number of hydrogen-bond acceptors (Lipinski definition) is 2. The molecule has 0 amide bonds. The van der Waals surface area contributed by atoms with Gasteiger partial charge in [-0.05, 0) is 62.3 Å². The molecular formula is C19H37NO. The first-order chi connectivity index (χ1) is 10.0. The van der Waals surface area contributed by atoms with E-state index in [1.54, 1.807) is 0 Å². The Morgan fingerprint density at radius 1 is 1.19 bits per heavy atom. The van der Waals surface area contributed by atoms with Crippen molar-refractivity contribution in [2.24, 2.45) is 17.3 Å². The van der Waals surface area contributed by atoms with Gasteiger partial charge in [0.15, 0.2) is 0 Å². The van der Waals surface area contributed by atoms with Crippen molar-refractivity contribution >= 4 is 0 Å². The summed E-state index contributed by atoms with van der Waals surface area (Å²) in [6.07, 6.45) is 11.3. The zero-order valence-electron chi connectivity index (χ0n) is 14.8. The summed E-state index contributed by atoms with van der Waals surface area (Å²) in [7, 11) is 0. The highest BCUT2D eigenvalue weighted by Crippen LogP contribution is 2.43. The summed E-state index contributed by atoms with van der Waals surface area (Å²) in [6, 6.07) is 0.733. The zero-order valence-corrected chi connectivity index (χ0v) is 14.8. The van der Waals surface area contributed by atoms with E-state index >= 15 is 0 Å². The fourth-order valence-corrected chi connectivity index (χ4v) is 4.65. The van der Waals surface area contributed by atoms with Gasteiger partial charge in [0.05, 0.1) is 6.10 Å². The molecule has 0 aromatic carbocycles. The standard InChI is InChI=1S/C19H37NO/c1-5-20-18-14-15(2)10-11-17(18)19(3,4)12-6-8-16-9-7-13-21-16/h15-18,20H,5-14H2,1-4H3. The Hall–Kier alpha value is -0.0800. The Morgan fingerprint density at radius 3 is 2.67 bits per heavy atom. The first-order valence-electron chi connectivity index (χ1n) is 9.38. The maximum Gasteiger partial charge on any atom is 0.0576 e. The summed E-state index contributed by atoms with van der Waals surface area (Å²) >= 11 is 0. The minimum atomic E-state index is 0.464. The predicted octanol–water partition coefficient (Wildman–Crippen LogP) is 4.78. The molecule has 0 spiro atoms. The fraction of sp³-hybridized carbons (Fsp3) is 1.00. The van der Waals surface area contributed by atoms with E-state index in [2.05, 4.69) is 33.0 Å². The van der Waals surface area contributed by atoms with Crippen LogP contribution in [0, 0.1) is 17.3 Å². The number of rotatable bonds is 7. The molecule has 21 heavy (non-hydrogen) atoms. The molecule has 1 saturated heterocycles. The molecule has 1 saturated carbocycles. The van der Waals surface area contributed by atoms with E-state index in [0.717, 1.165) is 31.0 Å². The monoisotopic (exact) mass is 295 g/mol. The Kier molecular flexibility index (Phi) is 6.55. The van der Waals surface area contributed by atoms with Crippen molar-refractivity contribution in [2.75, 3.05) is 13.2 Å². The molecule has 2 aliphatic rings. The average Bonchev–Trinajstić information content (AvgIpc) is 2.92. The molecule has 0 bridgehead atoms. The van der Waals surface area contributed by atoms with Gasteiger partial charge in [0.2, 0.25) is 0 Å². The van der Waals surface area contributed by atoms with E-state index in [1.165, 1.54) is 51.4 Å². The van der Waals surface area contributed by atoms with Gasteiger partial charge in [0, 0.05) is 12.6 Å². The van der Waals surface area contributed by atoms with Gasteiger partial charge in [-0.3, -0.25) is 0 Å². The summed E-state index contributed by atoms with van der Waals surface area (Å²) in [4.78, 5) is 0. The summed E-state index contributed by atoms with van der Waals surface area (Å²) in [5, 5.41) is 3.78. The highest BCUT2D eigenvalue weighted by atomic mass is 16.5. The molecule has 1 aliphatic carbocycles. The van der Waals surface area contributed by atoms with E-state index in [-0.39, 0.29) is 0 Å². The van der Waals surface area contributed by atoms with Crippen LogP contribution in [0.3, 0.4) is 0 Å². The molecule has 2 rings (SSSR count). The van der Waals surface area contributed by atoms with Gasteiger partial charge in [0.1, 0.15) is 0 Å². The number of nitrogens with one attached hydrogen (secondary N) is 1. The van der Waals surface area contributed by atoms with E-state index in [1.807, 2.05) is 0 Å². The topological polar surface area (TPSA) is 21.3 Å². The Bertz CT molecular complexity index is 296. The molecule has 2 heteroatoms. The van der Waals surface area contributed by atoms with Crippen LogP contribution in [0.15, 0.2) is 0 Å². The second-order valence-corrected chi connectivity index (χ2v) is 8.20. The summed E-state index contributed by atoms with van der Waals surface area (Å²) < 4.78 is 5.77. The Labute approximate surface area is 132 Å². The molecule has 2 fully saturated rings.